The van der Waals surface area contributed by atoms with E-state index < -0.39 is 0 Å². The van der Waals surface area contributed by atoms with Crippen LogP contribution in [0.2, 0.25) is 0 Å². The van der Waals surface area contributed by atoms with E-state index in [0.717, 1.165) is 5.70 Å². The second-order valence-electron chi connectivity index (χ2n) is 2.39. The SMILES string of the molecule is C=C(C)N(/C=N\NCNO)CCO. The molecule has 6 heteroatoms. The van der Waals surface area contributed by atoms with Gasteiger partial charge in [0.25, 0.3) is 0 Å². The molecule has 0 saturated heterocycles. The molecule has 0 aliphatic rings. The van der Waals surface area contributed by atoms with Crippen LogP contribution in [0.15, 0.2) is 17.4 Å². The zero-order valence-electron chi connectivity index (χ0n) is 7.69. The van der Waals surface area contributed by atoms with Gasteiger partial charge in [0, 0.05) is 12.2 Å². The number of nitrogens with zero attached hydrogens (tertiary/aromatic N) is 2. The van der Waals surface area contributed by atoms with E-state index >= 15 is 0 Å². The average molecular weight is 188 g/mol. The van der Waals surface area contributed by atoms with Crippen molar-refractivity contribution in [2.45, 2.75) is 6.92 Å². The Hall–Kier alpha value is -1.11. The standard InChI is InChI=1S/C7H16N4O2/c1-7(2)11(3-4-12)6-9-8-5-10-13/h6,8,10,12-13H,1,3-5H2,2H3/b9-6-. The molecule has 0 aromatic carbocycles. The molecule has 0 amide bonds. The van der Waals surface area contributed by atoms with Gasteiger partial charge in [-0.2, -0.15) is 10.6 Å². The molecule has 0 aromatic heterocycles. The zero-order chi connectivity index (χ0) is 10.1. The minimum absolute atomic E-state index is 0.0388. The van der Waals surface area contributed by atoms with Crippen molar-refractivity contribution < 1.29 is 10.3 Å². The Morgan fingerprint density at radius 1 is 1.69 bits per heavy atom. The lowest BCUT2D eigenvalue weighted by Gasteiger charge is -2.17. The largest absolute Gasteiger partial charge is 0.395 e. The lowest BCUT2D eigenvalue weighted by atomic mass is 10.4. The van der Waals surface area contributed by atoms with Gasteiger partial charge in [-0.15, -0.1) is 0 Å². The molecule has 0 fully saturated rings. The van der Waals surface area contributed by atoms with Crippen molar-refractivity contribution in [3.63, 3.8) is 0 Å². The smallest absolute Gasteiger partial charge is 0.115 e. The summed E-state index contributed by atoms with van der Waals surface area (Å²) in [5.41, 5.74) is 5.20. The highest BCUT2D eigenvalue weighted by molar-refractivity contribution is 5.57. The van der Waals surface area contributed by atoms with E-state index in [9.17, 15) is 0 Å². The summed E-state index contributed by atoms with van der Waals surface area (Å²) in [6.07, 6.45) is 1.50. The minimum atomic E-state index is 0.0388. The van der Waals surface area contributed by atoms with Gasteiger partial charge in [-0.3, -0.25) is 5.43 Å². The molecule has 0 atom stereocenters. The second kappa shape index (κ2) is 7.53. The quantitative estimate of drug-likeness (QED) is 0.139. The maximum absolute atomic E-state index is 8.67. The molecule has 13 heavy (non-hydrogen) atoms. The Morgan fingerprint density at radius 2 is 2.38 bits per heavy atom. The summed E-state index contributed by atoms with van der Waals surface area (Å²) in [6, 6.07) is 0. The number of aliphatic hydroxyl groups excluding tert-OH is 1. The predicted molar refractivity (Wildman–Crippen MR) is 50.0 cm³/mol. The Labute approximate surface area is 77.5 Å². The van der Waals surface area contributed by atoms with Crippen molar-refractivity contribution >= 4 is 6.34 Å². The minimum Gasteiger partial charge on any atom is -0.395 e. The van der Waals surface area contributed by atoms with Crippen LogP contribution in [0.25, 0.3) is 0 Å². The van der Waals surface area contributed by atoms with Crippen LogP contribution in [-0.4, -0.2) is 41.4 Å². The molecule has 0 aromatic rings. The van der Waals surface area contributed by atoms with E-state index in [1.54, 1.807) is 4.90 Å². The number of hydrazone groups is 1. The van der Waals surface area contributed by atoms with Gasteiger partial charge < -0.3 is 15.2 Å². The van der Waals surface area contributed by atoms with Crippen LogP contribution in [0.5, 0.6) is 0 Å². The summed E-state index contributed by atoms with van der Waals surface area (Å²) in [6.45, 7) is 6.17. The Kier molecular flexibility index (Phi) is 6.89. The summed E-state index contributed by atoms with van der Waals surface area (Å²) in [4.78, 5) is 1.68. The topological polar surface area (TPSA) is 80.1 Å². The van der Waals surface area contributed by atoms with E-state index in [1.165, 1.54) is 6.34 Å². The summed E-state index contributed by atoms with van der Waals surface area (Å²) in [5, 5.41) is 20.6. The zero-order valence-corrected chi connectivity index (χ0v) is 7.69. The van der Waals surface area contributed by atoms with Crippen molar-refractivity contribution in [1.82, 2.24) is 15.8 Å². The number of allylic oxidation sites excluding steroid dienone is 1. The maximum Gasteiger partial charge on any atom is 0.115 e. The van der Waals surface area contributed by atoms with Crippen molar-refractivity contribution in [3.05, 3.63) is 12.3 Å². The molecule has 4 N–H and O–H groups in total. The third kappa shape index (κ3) is 6.09. The van der Waals surface area contributed by atoms with Gasteiger partial charge in [0.2, 0.25) is 0 Å². The summed E-state index contributed by atoms with van der Waals surface area (Å²) < 4.78 is 0. The normalized spacial score (nSPS) is 10.4. The Bertz CT molecular complexity index is 172. The fraction of sp³-hybridized carbons (Fsp3) is 0.571. The number of rotatable bonds is 7. The molecule has 0 bridgehead atoms. The maximum atomic E-state index is 8.67. The third-order valence-corrected chi connectivity index (χ3v) is 1.28. The molecule has 0 aliphatic carbocycles. The first-order valence-corrected chi connectivity index (χ1v) is 3.88. The van der Waals surface area contributed by atoms with Crippen molar-refractivity contribution in [2.24, 2.45) is 5.10 Å². The lowest BCUT2D eigenvalue weighted by molar-refractivity contribution is 0.158. The van der Waals surface area contributed by atoms with E-state index in [1.807, 2.05) is 12.4 Å². The molecule has 0 heterocycles. The number of nitrogens with one attached hydrogen (secondary N) is 2. The van der Waals surface area contributed by atoms with Crippen LogP contribution in [0, 0.1) is 0 Å². The van der Waals surface area contributed by atoms with Crippen LogP contribution >= 0.6 is 0 Å². The third-order valence-electron chi connectivity index (χ3n) is 1.28. The fourth-order valence-corrected chi connectivity index (χ4v) is 0.646. The first-order chi connectivity index (χ1) is 6.22. The Balaban J connectivity index is 3.79. The molecule has 0 unspecified atom stereocenters. The van der Waals surface area contributed by atoms with Crippen LogP contribution in [-0.2, 0) is 0 Å². The molecule has 0 aliphatic heterocycles. The van der Waals surface area contributed by atoms with Gasteiger partial charge in [-0.05, 0) is 6.92 Å². The number of hydrogen-bond acceptors (Lipinski definition) is 5. The molecular weight excluding hydrogens is 172 g/mol. The molecule has 6 nitrogen and oxygen atoms in total. The van der Waals surface area contributed by atoms with E-state index in [2.05, 4.69) is 17.1 Å². The lowest BCUT2D eigenvalue weighted by Crippen LogP contribution is -2.27. The highest BCUT2D eigenvalue weighted by Crippen LogP contribution is 1.94. The van der Waals surface area contributed by atoms with Gasteiger partial charge in [0.1, 0.15) is 13.0 Å². The van der Waals surface area contributed by atoms with Crippen LogP contribution in [0.3, 0.4) is 0 Å². The molecule has 0 radical (unpaired) electrons. The van der Waals surface area contributed by atoms with E-state index in [4.69, 9.17) is 10.3 Å². The molecule has 0 saturated carbocycles. The molecule has 0 rings (SSSR count). The molecule has 76 valence electrons. The van der Waals surface area contributed by atoms with Gasteiger partial charge in [-0.1, -0.05) is 6.58 Å². The van der Waals surface area contributed by atoms with Crippen molar-refractivity contribution in [2.75, 3.05) is 19.8 Å². The van der Waals surface area contributed by atoms with Crippen LogP contribution < -0.4 is 10.9 Å². The summed E-state index contributed by atoms with van der Waals surface area (Å²) in [7, 11) is 0. The van der Waals surface area contributed by atoms with Crippen molar-refractivity contribution in [1.29, 1.82) is 0 Å². The fourth-order valence-electron chi connectivity index (χ4n) is 0.646. The Morgan fingerprint density at radius 3 is 2.85 bits per heavy atom. The highest BCUT2D eigenvalue weighted by atomic mass is 16.5. The number of aliphatic hydroxyl groups is 1. The van der Waals surface area contributed by atoms with Crippen LogP contribution in [0.1, 0.15) is 6.92 Å². The van der Waals surface area contributed by atoms with Crippen molar-refractivity contribution in [3.8, 4) is 0 Å². The molecular formula is C7H16N4O2. The number of hydrogen-bond donors (Lipinski definition) is 4. The molecule has 0 spiro atoms. The monoisotopic (exact) mass is 188 g/mol. The van der Waals surface area contributed by atoms with E-state index in [-0.39, 0.29) is 13.3 Å². The van der Waals surface area contributed by atoms with E-state index in [0.29, 0.717) is 6.54 Å². The second-order valence-corrected chi connectivity index (χ2v) is 2.39. The summed E-state index contributed by atoms with van der Waals surface area (Å²) in [5.74, 6) is 0. The van der Waals surface area contributed by atoms with Gasteiger partial charge >= 0.3 is 0 Å². The van der Waals surface area contributed by atoms with Gasteiger partial charge in [0.15, 0.2) is 0 Å². The van der Waals surface area contributed by atoms with Gasteiger partial charge in [0.05, 0.1) is 6.61 Å². The predicted octanol–water partition coefficient (Wildman–Crippen LogP) is -0.716. The highest BCUT2D eigenvalue weighted by Gasteiger charge is 1.97. The summed E-state index contributed by atoms with van der Waals surface area (Å²) >= 11 is 0. The number of hydroxylamine groups is 1. The average Bonchev–Trinajstić information content (AvgIpc) is 2.10. The first-order valence-electron chi connectivity index (χ1n) is 3.88. The first kappa shape index (κ1) is 11.9. The van der Waals surface area contributed by atoms with Crippen LogP contribution in [0.4, 0.5) is 0 Å². The van der Waals surface area contributed by atoms with Gasteiger partial charge in [-0.25, -0.2) is 0 Å².